The lowest BCUT2D eigenvalue weighted by Crippen LogP contribution is -2.27. The molecule has 0 N–H and O–H groups in total. The second-order valence-electron chi connectivity index (χ2n) is 5.79. The molecule has 2 aromatic heterocycles. The summed E-state index contributed by atoms with van der Waals surface area (Å²) in [6, 6.07) is 9.27. The van der Waals surface area contributed by atoms with E-state index in [1.807, 2.05) is 30.3 Å². The molecule has 138 valence electrons. The highest BCUT2D eigenvalue weighted by atomic mass is 35.5. The van der Waals surface area contributed by atoms with Crippen molar-refractivity contribution in [1.29, 1.82) is 0 Å². The van der Waals surface area contributed by atoms with E-state index in [2.05, 4.69) is 9.55 Å². The Kier molecular flexibility index (Phi) is 6.24. The Morgan fingerprint density at radius 3 is 3.00 bits per heavy atom. The maximum atomic E-state index is 12.4. The molecule has 2 heterocycles. The molecule has 0 radical (unpaired) electrons. The molecule has 0 spiro atoms. The topological polar surface area (TPSA) is 60.5 Å². The van der Waals surface area contributed by atoms with Crippen LogP contribution < -0.4 is 0 Å². The first-order chi connectivity index (χ1) is 12.6. The molecule has 0 aliphatic heterocycles. The van der Waals surface area contributed by atoms with Gasteiger partial charge in [0.1, 0.15) is 5.76 Å². The zero-order valence-corrected chi connectivity index (χ0v) is 16.2. The summed E-state index contributed by atoms with van der Waals surface area (Å²) in [7, 11) is 3.43. The Hall–Kier alpha value is -1.96. The number of benzene rings is 1. The Morgan fingerprint density at radius 2 is 2.27 bits per heavy atom. The van der Waals surface area contributed by atoms with Crippen molar-refractivity contribution in [2.45, 2.75) is 18.2 Å². The lowest BCUT2D eigenvalue weighted by Gasteiger charge is -2.15. The predicted octanol–water partition coefficient (Wildman–Crippen LogP) is 3.68. The monoisotopic (exact) mass is 393 g/mol. The fourth-order valence-corrected chi connectivity index (χ4v) is 3.70. The SMILES string of the molecule is COCCn1c(SCC(=O)N(C)Cc2ccco2)nc2cc(Cl)ccc21. The summed E-state index contributed by atoms with van der Waals surface area (Å²) in [5, 5.41) is 1.42. The van der Waals surface area contributed by atoms with Gasteiger partial charge >= 0.3 is 0 Å². The van der Waals surface area contributed by atoms with Gasteiger partial charge in [-0.2, -0.15) is 0 Å². The molecule has 1 amide bonds. The summed E-state index contributed by atoms with van der Waals surface area (Å²) in [5.41, 5.74) is 1.79. The molecule has 26 heavy (non-hydrogen) atoms. The number of imidazole rings is 1. The largest absolute Gasteiger partial charge is 0.467 e. The van der Waals surface area contributed by atoms with Crippen LogP contribution in [0.5, 0.6) is 0 Å². The molecule has 0 saturated carbocycles. The molecule has 0 fully saturated rings. The van der Waals surface area contributed by atoms with Gasteiger partial charge in [-0.25, -0.2) is 4.98 Å². The van der Waals surface area contributed by atoms with Gasteiger partial charge in [0.05, 0.1) is 36.2 Å². The summed E-state index contributed by atoms with van der Waals surface area (Å²) in [6.45, 7) is 1.67. The summed E-state index contributed by atoms with van der Waals surface area (Å²) in [4.78, 5) is 18.7. The van der Waals surface area contributed by atoms with Gasteiger partial charge in [-0.3, -0.25) is 4.79 Å². The van der Waals surface area contributed by atoms with Crippen LogP contribution in [-0.2, 0) is 22.6 Å². The van der Waals surface area contributed by atoms with Gasteiger partial charge in [0.2, 0.25) is 5.91 Å². The average molecular weight is 394 g/mol. The van der Waals surface area contributed by atoms with Crippen molar-refractivity contribution < 1.29 is 13.9 Å². The molecule has 0 aliphatic rings. The van der Waals surface area contributed by atoms with E-state index >= 15 is 0 Å². The third-order valence-electron chi connectivity index (χ3n) is 3.92. The number of halogens is 1. The normalized spacial score (nSPS) is 11.2. The van der Waals surface area contributed by atoms with Crippen LogP contribution in [0.1, 0.15) is 5.76 Å². The highest BCUT2D eigenvalue weighted by Gasteiger charge is 2.16. The number of methoxy groups -OCH3 is 1. The van der Waals surface area contributed by atoms with Crippen LogP contribution in [0.2, 0.25) is 5.02 Å². The lowest BCUT2D eigenvalue weighted by atomic mass is 10.3. The van der Waals surface area contributed by atoms with E-state index in [-0.39, 0.29) is 5.91 Å². The zero-order chi connectivity index (χ0) is 18.5. The lowest BCUT2D eigenvalue weighted by molar-refractivity contribution is -0.127. The van der Waals surface area contributed by atoms with E-state index in [0.29, 0.717) is 30.5 Å². The smallest absolute Gasteiger partial charge is 0.233 e. The molecule has 0 saturated heterocycles. The molecule has 6 nitrogen and oxygen atoms in total. The second-order valence-corrected chi connectivity index (χ2v) is 7.17. The van der Waals surface area contributed by atoms with Crippen LogP contribution in [0.25, 0.3) is 11.0 Å². The fraction of sp³-hybridized carbons (Fsp3) is 0.333. The van der Waals surface area contributed by atoms with Crippen molar-refractivity contribution >= 4 is 40.3 Å². The van der Waals surface area contributed by atoms with E-state index in [4.69, 9.17) is 20.8 Å². The number of rotatable bonds is 8. The maximum absolute atomic E-state index is 12.4. The van der Waals surface area contributed by atoms with Gasteiger partial charge in [-0.1, -0.05) is 23.4 Å². The van der Waals surface area contributed by atoms with Crippen molar-refractivity contribution in [3.05, 3.63) is 47.4 Å². The number of hydrogen-bond acceptors (Lipinski definition) is 5. The summed E-state index contributed by atoms with van der Waals surface area (Å²) >= 11 is 7.48. The Bertz CT molecular complexity index is 879. The Balaban J connectivity index is 1.71. The van der Waals surface area contributed by atoms with Crippen molar-refractivity contribution in [3.63, 3.8) is 0 Å². The quantitative estimate of drug-likeness (QED) is 0.546. The van der Waals surface area contributed by atoms with E-state index in [9.17, 15) is 4.79 Å². The van der Waals surface area contributed by atoms with Crippen molar-refractivity contribution in [3.8, 4) is 0 Å². The van der Waals surface area contributed by atoms with Gasteiger partial charge < -0.3 is 18.6 Å². The molecular formula is C18H20ClN3O3S. The third-order valence-corrected chi connectivity index (χ3v) is 5.11. The van der Waals surface area contributed by atoms with Gasteiger partial charge in [0, 0.05) is 25.7 Å². The number of carbonyl (C=O) groups excluding carboxylic acids is 1. The van der Waals surface area contributed by atoms with E-state index in [1.165, 1.54) is 11.8 Å². The molecule has 8 heteroatoms. The van der Waals surface area contributed by atoms with Crippen LogP contribution in [0.3, 0.4) is 0 Å². The molecule has 3 rings (SSSR count). The molecule has 1 aromatic carbocycles. The first-order valence-corrected chi connectivity index (χ1v) is 9.48. The van der Waals surface area contributed by atoms with Crippen LogP contribution in [-0.4, -0.2) is 46.9 Å². The van der Waals surface area contributed by atoms with Crippen LogP contribution in [0.4, 0.5) is 0 Å². The zero-order valence-electron chi connectivity index (χ0n) is 14.6. The summed E-state index contributed by atoms with van der Waals surface area (Å²) in [6.07, 6.45) is 1.60. The summed E-state index contributed by atoms with van der Waals surface area (Å²) in [5.74, 6) is 1.06. The molecule has 0 atom stereocenters. The minimum absolute atomic E-state index is 0.00906. The van der Waals surface area contributed by atoms with E-state index in [0.717, 1.165) is 22.0 Å². The van der Waals surface area contributed by atoms with Gasteiger partial charge in [-0.05, 0) is 30.3 Å². The van der Waals surface area contributed by atoms with Crippen molar-refractivity contribution in [1.82, 2.24) is 14.5 Å². The minimum Gasteiger partial charge on any atom is -0.467 e. The van der Waals surface area contributed by atoms with Gasteiger partial charge in [0.25, 0.3) is 0 Å². The second kappa shape index (κ2) is 8.62. The van der Waals surface area contributed by atoms with Crippen LogP contribution in [0, 0.1) is 0 Å². The molecule has 0 bridgehead atoms. The Labute approximate surface area is 161 Å². The van der Waals surface area contributed by atoms with Gasteiger partial charge in [-0.15, -0.1) is 0 Å². The Morgan fingerprint density at radius 1 is 1.42 bits per heavy atom. The number of carbonyl (C=O) groups is 1. The molecule has 0 aliphatic carbocycles. The van der Waals surface area contributed by atoms with Crippen LogP contribution >= 0.6 is 23.4 Å². The van der Waals surface area contributed by atoms with E-state index < -0.39 is 0 Å². The maximum Gasteiger partial charge on any atom is 0.233 e. The average Bonchev–Trinajstić information content (AvgIpc) is 3.24. The number of nitrogens with zero attached hydrogens (tertiary/aromatic N) is 3. The standard InChI is InChI=1S/C18H20ClN3O3S/c1-21(11-14-4-3-8-25-14)17(23)12-26-18-20-15-10-13(19)5-6-16(15)22(18)7-9-24-2/h3-6,8,10H,7,9,11-12H2,1-2H3. The number of furan rings is 1. The number of amides is 1. The van der Waals surface area contributed by atoms with Crippen LogP contribution in [0.15, 0.2) is 46.2 Å². The number of fused-ring (bicyclic) bond motifs is 1. The first-order valence-electron chi connectivity index (χ1n) is 8.12. The number of aromatic nitrogens is 2. The fourth-order valence-electron chi connectivity index (χ4n) is 2.55. The highest BCUT2D eigenvalue weighted by molar-refractivity contribution is 7.99. The van der Waals surface area contributed by atoms with Crippen molar-refractivity contribution in [2.24, 2.45) is 0 Å². The number of hydrogen-bond donors (Lipinski definition) is 0. The minimum atomic E-state index is 0.00906. The molecule has 0 unspecified atom stereocenters. The number of thioether (sulfide) groups is 1. The van der Waals surface area contributed by atoms with Gasteiger partial charge in [0.15, 0.2) is 5.16 Å². The molecule has 3 aromatic rings. The predicted molar refractivity (Wildman–Crippen MR) is 103 cm³/mol. The van der Waals surface area contributed by atoms with E-state index in [1.54, 1.807) is 25.3 Å². The highest BCUT2D eigenvalue weighted by Crippen LogP contribution is 2.26. The summed E-state index contributed by atoms with van der Waals surface area (Å²) < 4.78 is 12.5. The van der Waals surface area contributed by atoms with Crippen molar-refractivity contribution in [2.75, 3.05) is 26.5 Å². The number of ether oxygens (including phenoxy) is 1. The molecular weight excluding hydrogens is 374 g/mol. The third kappa shape index (κ3) is 4.41. The first kappa shape index (κ1) is 18.8.